The number of nitrogens with zero attached hydrogens (tertiary/aromatic N) is 4. The van der Waals surface area contributed by atoms with Crippen LogP contribution in [-0.4, -0.2) is 39.0 Å². The normalized spacial score (nSPS) is 18.4. The summed E-state index contributed by atoms with van der Waals surface area (Å²) in [4.78, 5) is 15.1. The molecule has 1 unspecified atom stereocenters. The van der Waals surface area contributed by atoms with Crippen LogP contribution in [0.15, 0.2) is 54.7 Å². The summed E-state index contributed by atoms with van der Waals surface area (Å²) >= 11 is 0. The first-order valence-electron chi connectivity index (χ1n) is 9.71. The highest BCUT2D eigenvalue weighted by atomic mass is 16.5. The van der Waals surface area contributed by atoms with Gasteiger partial charge in [-0.15, -0.1) is 5.10 Å². The smallest absolute Gasteiger partial charge is 0.276 e. The minimum absolute atomic E-state index is 0.0829. The van der Waals surface area contributed by atoms with E-state index in [-0.39, 0.29) is 5.91 Å². The van der Waals surface area contributed by atoms with Crippen molar-refractivity contribution in [3.05, 3.63) is 71.5 Å². The fourth-order valence-corrected chi connectivity index (χ4v) is 4.09. The van der Waals surface area contributed by atoms with Crippen LogP contribution in [0.25, 0.3) is 11.1 Å². The number of aromatic nitrogens is 3. The summed E-state index contributed by atoms with van der Waals surface area (Å²) < 4.78 is 7.19. The number of carbonyl (C=O) groups excluding carboxylic acids is 1. The molecule has 1 amide bonds. The third kappa shape index (κ3) is 3.20. The summed E-state index contributed by atoms with van der Waals surface area (Å²) in [5, 5.41) is 8.33. The highest BCUT2D eigenvalue weighted by Crippen LogP contribution is 2.32. The van der Waals surface area contributed by atoms with Crippen LogP contribution in [-0.2, 0) is 24.4 Å². The van der Waals surface area contributed by atoms with Crippen molar-refractivity contribution in [3.63, 3.8) is 0 Å². The van der Waals surface area contributed by atoms with Gasteiger partial charge in [-0.25, -0.2) is 0 Å². The minimum Gasteiger partial charge on any atom is -0.381 e. The van der Waals surface area contributed by atoms with Crippen molar-refractivity contribution in [2.24, 2.45) is 5.92 Å². The minimum atomic E-state index is -0.0829. The Kier molecular flexibility index (Phi) is 4.41. The van der Waals surface area contributed by atoms with Crippen LogP contribution in [0.5, 0.6) is 0 Å². The Morgan fingerprint density at radius 1 is 1.04 bits per heavy atom. The van der Waals surface area contributed by atoms with E-state index in [0.717, 1.165) is 37.3 Å². The SMILES string of the molecule is O=C(c1cn(CC2CCOC2)nn1)N1Cc2ccccc2-c2ccccc2C1. The van der Waals surface area contributed by atoms with Gasteiger partial charge in [-0.2, -0.15) is 0 Å². The van der Waals surface area contributed by atoms with Crippen molar-refractivity contribution in [2.75, 3.05) is 13.2 Å². The van der Waals surface area contributed by atoms with E-state index in [1.165, 1.54) is 11.1 Å². The first-order valence-corrected chi connectivity index (χ1v) is 9.71. The van der Waals surface area contributed by atoms with Crippen LogP contribution in [0.3, 0.4) is 0 Å². The Morgan fingerprint density at radius 3 is 2.36 bits per heavy atom. The lowest BCUT2D eigenvalue weighted by atomic mass is 9.97. The van der Waals surface area contributed by atoms with Crippen LogP contribution >= 0.6 is 0 Å². The van der Waals surface area contributed by atoms with Gasteiger partial charge in [0.25, 0.3) is 5.91 Å². The van der Waals surface area contributed by atoms with Gasteiger partial charge in [-0.3, -0.25) is 9.48 Å². The van der Waals surface area contributed by atoms with Crippen LogP contribution in [0.2, 0.25) is 0 Å². The standard InChI is InChI=1S/C22H22N4O2/c27-22(21-14-26(24-23-21)11-16-9-10-28-15-16)25-12-17-5-1-3-7-19(17)20-8-4-2-6-18(20)13-25/h1-8,14,16H,9-13,15H2. The second-order valence-corrected chi connectivity index (χ2v) is 7.53. The van der Waals surface area contributed by atoms with Gasteiger partial charge >= 0.3 is 0 Å². The molecule has 6 nitrogen and oxygen atoms in total. The summed E-state index contributed by atoms with van der Waals surface area (Å²) in [6, 6.07) is 16.6. The van der Waals surface area contributed by atoms with Crippen LogP contribution in [0.4, 0.5) is 0 Å². The maximum Gasteiger partial charge on any atom is 0.276 e. The fourth-order valence-electron chi connectivity index (χ4n) is 4.09. The molecule has 142 valence electrons. The van der Waals surface area contributed by atoms with Gasteiger partial charge < -0.3 is 9.64 Å². The maximum atomic E-state index is 13.2. The molecule has 2 aliphatic rings. The molecule has 1 saturated heterocycles. The molecule has 28 heavy (non-hydrogen) atoms. The van der Waals surface area contributed by atoms with Crippen LogP contribution in [0, 0.1) is 5.92 Å². The Morgan fingerprint density at radius 2 is 1.71 bits per heavy atom. The van der Waals surface area contributed by atoms with E-state index >= 15 is 0 Å². The number of carbonyl (C=O) groups is 1. The molecule has 3 aromatic rings. The lowest BCUT2D eigenvalue weighted by molar-refractivity contribution is 0.0726. The molecule has 0 spiro atoms. The molecule has 2 aliphatic heterocycles. The molecule has 0 saturated carbocycles. The summed E-state index contributed by atoms with van der Waals surface area (Å²) in [6.07, 6.45) is 2.80. The summed E-state index contributed by atoms with van der Waals surface area (Å²) in [5.41, 5.74) is 5.08. The fraction of sp³-hybridized carbons (Fsp3) is 0.318. The van der Waals surface area contributed by atoms with Crippen molar-refractivity contribution in [2.45, 2.75) is 26.1 Å². The Labute approximate surface area is 163 Å². The quantitative estimate of drug-likeness (QED) is 0.707. The number of fused-ring (bicyclic) bond motifs is 3. The molecule has 2 aromatic carbocycles. The number of benzene rings is 2. The summed E-state index contributed by atoms with van der Waals surface area (Å²) in [6.45, 7) is 3.42. The number of hydrogen-bond acceptors (Lipinski definition) is 4. The van der Waals surface area contributed by atoms with Gasteiger partial charge in [-0.05, 0) is 28.7 Å². The number of rotatable bonds is 3. The average Bonchev–Trinajstić information content (AvgIpc) is 3.37. The second-order valence-electron chi connectivity index (χ2n) is 7.53. The first-order chi connectivity index (χ1) is 13.8. The monoisotopic (exact) mass is 374 g/mol. The van der Waals surface area contributed by atoms with E-state index in [0.29, 0.717) is 24.7 Å². The molecule has 6 heteroatoms. The van der Waals surface area contributed by atoms with Crippen molar-refractivity contribution in [3.8, 4) is 11.1 Å². The van der Waals surface area contributed by atoms with Crippen LogP contribution in [0.1, 0.15) is 28.0 Å². The molecule has 0 bridgehead atoms. The van der Waals surface area contributed by atoms with E-state index in [4.69, 9.17) is 4.74 Å². The molecule has 1 atom stereocenters. The highest BCUT2D eigenvalue weighted by molar-refractivity contribution is 5.92. The zero-order chi connectivity index (χ0) is 18.9. The predicted octanol–water partition coefficient (Wildman–Crippen LogP) is 3.14. The van der Waals surface area contributed by atoms with Gasteiger partial charge in [0, 0.05) is 32.2 Å². The van der Waals surface area contributed by atoms with Gasteiger partial charge in [0.2, 0.25) is 0 Å². The van der Waals surface area contributed by atoms with Crippen molar-refractivity contribution in [1.82, 2.24) is 19.9 Å². The predicted molar refractivity (Wildman–Crippen MR) is 104 cm³/mol. The van der Waals surface area contributed by atoms with Crippen molar-refractivity contribution < 1.29 is 9.53 Å². The van der Waals surface area contributed by atoms with E-state index in [1.807, 2.05) is 29.2 Å². The lowest BCUT2D eigenvalue weighted by Crippen LogP contribution is -2.29. The zero-order valence-electron chi connectivity index (χ0n) is 15.6. The van der Waals surface area contributed by atoms with Gasteiger partial charge in [0.05, 0.1) is 12.8 Å². The third-order valence-electron chi connectivity index (χ3n) is 5.56. The number of amides is 1. The zero-order valence-corrected chi connectivity index (χ0v) is 15.6. The summed E-state index contributed by atoms with van der Waals surface area (Å²) in [7, 11) is 0. The molecular weight excluding hydrogens is 352 g/mol. The topological polar surface area (TPSA) is 60.3 Å². The average molecular weight is 374 g/mol. The lowest BCUT2D eigenvalue weighted by Gasteiger charge is -2.20. The molecule has 3 heterocycles. The van der Waals surface area contributed by atoms with E-state index < -0.39 is 0 Å². The molecule has 1 fully saturated rings. The summed E-state index contributed by atoms with van der Waals surface area (Å²) in [5.74, 6) is 0.363. The van der Waals surface area contributed by atoms with Gasteiger partial charge in [0.15, 0.2) is 5.69 Å². The highest BCUT2D eigenvalue weighted by Gasteiger charge is 2.25. The number of hydrogen-bond donors (Lipinski definition) is 0. The molecule has 0 radical (unpaired) electrons. The molecular formula is C22H22N4O2. The second kappa shape index (κ2) is 7.20. The van der Waals surface area contributed by atoms with E-state index in [9.17, 15) is 4.79 Å². The Hall–Kier alpha value is -2.99. The molecule has 1 aromatic heterocycles. The Bertz CT molecular complexity index is 960. The number of ether oxygens (including phenoxy) is 1. The first kappa shape index (κ1) is 17.1. The molecule has 0 N–H and O–H groups in total. The van der Waals surface area contributed by atoms with Crippen molar-refractivity contribution >= 4 is 5.91 Å². The van der Waals surface area contributed by atoms with E-state index in [2.05, 4.69) is 34.6 Å². The third-order valence-corrected chi connectivity index (χ3v) is 5.56. The van der Waals surface area contributed by atoms with Crippen LogP contribution < -0.4 is 0 Å². The maximum absolute atomic E-state index is 13.2. The molecule has 0 aliphatic carbocycles. The van der Waals surface area contributed by atoms with Gasteiger partial charge in [0.1, 0.15) is 0 Å². The molecule has 5 rings (SSSR count). The van der Waals surface area contributed by atoms with Gasteiger partial charge in [-0.1, -0.05) is 53.7 Å². The van der Waals surface area contributed by atoms with Crippen molar-refractivity contribution in [1.29, 1.82) is 0 Å². The van der Waals surface area contributed by atoms with E-state index in [1.54, 1.807) is 10.9 Å². The largest absolute Gasteiger partial charge is 0.381 e. The Balaban J connectivity index is 1.42.